The van der Waals surface area contributed by atoms with E-state index in [1.54, 1.807) is 50.3 Å². The maximum atomic E-state index is 12.0. The van der Waals surface area contributed by atoms with Crippen molar-refractivity contribution in [2.24, 2.45) is 22.7 Å². The molecule has 2 unspecified atom stereocenters. The molecule has 4 aliphatic rings. The Bertz CT molecular complexity index is 6190. The number of nitrogen functional groups attached to an aromatic ring is 1. The quantitative estimate of drug-likeness (QED) is 0.0968. The van der Waals surface area contributed by atoms with E-state index >= 15 is 0 Å². The van der Waals surface area contributed by atoms with Crippen molar-refractivity contribution in [2.45, 2.75) is 186 Å². The summed E-state index contributed by atoms with van der Waals surface area (Å²) in [5.41, 5.74) is 32.2. The number of carbonyl (C=O) groups excluding carboxylic acids is 2. The van der Waals surface area contributed by atoms with E-state index in [2.05, 4.69) is 101 Å². The van der Waals surface area contributed by atoms with Gasteiger partial charge in [0.2, 0.25) is 15.9 Å². The number of hydrogen-bond acceptors (Lipinski definition) is 11. The van der Waals surface area contributed by atoms with E-state index in [0.29, 0.717) is 74.2 Å². The molecule has 0 spiro atoms. The van der Waals surface area contributed by atoms with Gasteiger partial charge in [-0.15, -0.1) is 0 Å². The van der Waals surface area contributed by atoms with Crippen LogP contribution in [0.1, 0.15) is 166 Å². The molecule has 16 rings (SSSR count). The van der Waals surface area contributed by atoms with Gasteiger partial charge in [0.15, 0.2) is 22.7 Å². The van der Waals surface area contributed by atoms with E-state index < -0.39 is 25.1 Å². The lowest BCUT2D eigenvalue weighted by Gasteiger charge is -2.29. The number of nitrogens with two attached hydrogens (primary N) is 3. The topological polar surface area (TPSA) is 269 Å². The Labute approximate surface area is 702 Å². The lowest BCUT2D eigenvalue weighted by Crippen LogP contribution is -2.32. The van der Waals surface area contributed by atoms with Crippen molar-refractivity contribution in [3.8, 4) is 44.5 Å². The average Bonchev–Trinajstić information content (AvgIpc) is 1.62. The maximum Gasteiger partial charge on any atom is 0.220 e. The molecule has 1 amide bonds. The third-order valence-corrected chi connectivity index (χ3v) is 29.3. The van der Waals surface area contributed by atoms with Crippen LogP contribution >= 0.6 is 46.4 Å². The largest absolute Gasteiger partial charge is 0.396 e. The van der Waals surface area contributed by atoms with Gasteiger partial charge < -0.3 is 29.7 Å². The fourth-order valence-corrected chi connectivity index (χ4v) is 20.4. The smallest absolute Gasteiger partial charge is 0.220 e. The molecule has 4 aliphatic carbocycles. The molecule has 0 saturated heterocycles. The zero-order valence-corrected chi connectivity index (χ0v) is 71.3. The summed E-state index contributed by atoms with van der Waals surface area (Å²) in [6, 6.07) is 16.9. The number of halogens is 4. The van der Waals surface area contributed by atoms with Crippen molar-refractivity contribution in [1.29, 1.82) is 0 Å². The molecular weight excluding hydrogens is 1590 g/mol. The third kappa shape index (κ3) is 17.2. The fourth-order valence-electron chi connectivity index (χ4n) is 17.6. The summed E-state index contributed by atoms with van der Waals surface area (Å²) < 4.78 is 56.4. The van der Waals surface area contributed by atoms with Gasteiger partial charge in [0, 0.05) is 177 Å². The number of sulfonamides is 1. The molecule has 21 nitrogen and oxygen atoms in total. The number of rotatable bonds is 12. The number of nitrogens with zero attached hydrogens (tertiary/aromatic N) is 12. The van der Waals surface area contributed by atoms with Gasteiger partial charge in [-0.05, 0) is 261 Å². The molecule has 8 aromatic heterocycles. The van der Waals surface area contributed by atoms with Crippen molar-refractivity contribution in [3.05, 3.63) is 228 Å². The average molecular weight is 1680 g/mol. The van der Waals surface area contributed by atoms with Crippen LogP contribution in [0.3, 0.4) is 0 Å². The van der Waals surface area contributed by atoms with Crippen LogP contribution < -0.4 is 16.6 Å². The fraction of sp³-hybridized carbons (Fsp3) is 0.356. The van der Waals surface area contributed by atoms with Gasteiger partial charge in [0.1, 0.15) is 15.6 Å². The Hall–Kier alpha value is -10.4. The Balaban J connectivity index is 0.000000136. The number of amides is 1. The molecule has 27 heteroatoms. The Kier molecular flexibility index (Phi) is 25.0. The van der Waals surface area contributed by atoms with Gasteiger partial charge in [0.25, 0.3) is 0 Å². The number of carbonyl (C=O) groups is 2. The number of benzene rings is 4. The molecule has 4 fully saturated rings. The Morgan fingerprint density at radius 3 is 0.966 bits per heavy atom. The van der Waals surface area contributed by atoms with Crippen LogP contribution in [0.25, 0.3) is 107 Å². The van der Waals surface area contributed by atoms with Gasteiger partial charge in [-0.2, -0.15) is 0 Å². The first-order chi connectivity index (χ1) is 55.7. The molecule has 602 valence electrons. The number of primary amides is 1. The van der Waals surface area contributed by atoms with E-state index in [9.17, 15) is 26.4 Å². The van der Waals surface area contributed by atoms with Crippen molar-refractivity contribution in [3.63, 3.8) is 0 Å². The second-order valence-electron chi connectivity index (χ2n) is 31.9. The highest BCUT2D eigenvalue weighted by atomic mass is 35.5. The summed E-state index contributed by atoms with van der Waals surface area (Å²) in [7, 11) is -6.51. The Morgan fingerprint density at radius 1 is 0.393 bits per heavy atom. The molecule has 6 N–H and O–H groups in total. The first-order valence-electron chi connectivity index (χ1n) is 39.0. The maximum absolute atomic E-state index is 12.0. The first-order valence-corrected chi connectivity index (χ1v) is 44.1. The zero-order chi connectivity index (χ0) is 84.0. The van der Waals surface area contributed by atoms with E-state index in [1.807, 2.05) is 78.8 Å². The molecule has 117 heavy (non-hydrogen) atoms. The van der Waals surface area contributed by atoms with Crippen LogP contribution in [0, 0.1) is 86.6 Å². The summed E-state index contributed by atoms with van der Waals surface area (Å²) >= 11 is 26.3. The van der Waals surface area contributed by atoms with Crippen molar-refractivity contribution in [1.82, 2.24) is 38.2 Å². The van der Waals surface area contributed by atoms with Gasteiger partial charge in [-0.1, -0.05) is 46.4 Å². The molecule has 0 radical (unpaired) electrons. The van der Waals surface area contributed by atoms with Gasteiger partial charge in [-0.3, -0.25) is 29.5 Å². The van der Waals surface area contributed by atoms with Gasteiger partial charge >= 0.3 is 0 Å². The normalized spacial score (nSPS) is 19.4. The standard InChI is InChI=1S/C23H23ClN4O.C23H24ClN3O2S.C22H23ClN4O2S.C22H21ClN4O/c1-13-8-21-17(9-20(13)26-3)19(18-11-27-10-14(2)22(18)24)12-28(21)16-6-4-15(5-7-16)23(25)29;1-14-9-22-18(10-21(14)25-3)20(19-12-26-11-15(2)23(19)24)13-27(22)16-5-7-17(8-6-16)30(4,28)29;1-13-8-21-17(9-20(13)25-3)19(18-11-26-10-14(2)22(18)23)12-27(21)15-4-6-16(7-5-15)30(24,28)29;1-12-6-21-16(8-20(12)25-3)18(17-9-26-10-19(24)22(17)23)11-27(21)15-5-4-14(7-15)13(2)28/h8-12,15-16H,4-7H2,1-2H3,(H2,25,29);9-13,16-17H,5-8H2,1-2,4H3;8-12,15-16H,4-7H2,1-2H3,(H2,24,28,29);6,8-11,14-15H,4-5,7,24H2,1-2H3. The van der Waals surface area contributed by atoms with Gasteiger partial charge in [0.05, 0.1) is 68.8 Å². The lowest BCUT2D eigenvalue weighted by molar-refractivity contribution is -0.123. The number of fused-ring (bicyclic) bond motifs is 4. The number of primary sulfonamides is 1. The SMILES string of the molecule is [C-]#[N+]c1cc2c(-c3cncc(C)c3Cl)cn(C3CCC(C(N)=O)CC3)c2cc1C.[C-]#[N+]c1cc2c(-c3cncc(C)c3Cl)cn(C3CCC(S(C)(=O)=O)CC3)c2cc1C.[C-]#[N+]c1cc2c(-c3cncc(C)c3Cl)cn(C3CCC(S(N)(=O)=O)CC3)c2cc1C.[C-]#[N+]c1cc2c(-c3cncc(N)c3Cl)cn(C3CCC(C(C)=O)C3)c2cc1C. The van der Waals surface area contributed by atoms with Crippen LogP contribution in [-0.2, 0) is 29.4 Å². The van der Waals surface area contributed by atoms with Crippen LogP contribution in [0.4, 0.5) is 28.4 Å². The van der Waals surface area contributed by atoms with E-state index in [-0.39, 0.29) is 52.9 Å². The van der Waals surface area contributed by atoms with Crippen LogP contribution in [-0.4, -0.2) is 83.5 Å². The number of ketones is 1. The van der Waals surface area contributed by atoms with E-state index in [4.69, 9.17) is 89.3 Å². The number of Topliss-reactive ketones (excluding diaryl/α,β-unsaturated/α-hetero) is 1. The minimum atomic E-state index is -3.51. The molecule has 0 aliphatic heterocycles. The third-order valence-electron chi connectivity index (χ3n) is 24.3. The zero-order valence-electron chi connectivity index (χ0n) is 66.6. The summed E-state index contributed by atoms with van der Waals surface area (Å²) in [6.45, 7) is 45.3. The lowest BCUT2D eigenvalue weighted by atomic mass is 9.85. The Morgan fingerprint density at radius 2 is 0.675 bits per heavy atom. The minimum Gasteiger partial charge on any atom is -0.396 e. The summed E-state index contributed by atoms with van der Waals surface area (Å²) in [4.78, 5) is 55.3. The number of hydrogen-bond donors (Lipinski definition) is 3. The van der Waals surface area contributed by atoms with Crippen LogP contribution in [0.5, 0.6) is 0 Å². The summed E-state index contributed by atoms with van der Waals surface area (Å²) in [5, 5.41) is 11.0. The molecule has 0 bridgehead atoms. The molecule has 2 atom stereocenters. The minimum absolute atomic E-state index is 0.0292. The number of aromatic nitrogens is 8. The van der Waals surface area contributed by atoms with Crippen molar-refractivity contribution >= 4 is 150 Å². The number of aryl methyl sites for hydroxylation is 7. The van der Waals surface area contributed by atoms with Gasteiger partial charge in [-0.25, -0.2) is 41.4 Å². The van der Waals surface area contributed by atoms with Crippen LogP contribution in [0.15, 0.2) is 123 Å². The number of anilines is 1. The molecular formula is C90H91Cl4N15O6S2. The second kappa shape index (κ2) is 34.6. The molecule has 8 heterocycles. The highest BCUT2D eigenvalue weighted by Gasteiger charge is 2.35. The molecule has 4 aromatic carbocycles. The van der Waals surface area contributed by atoms with Crippen molar-refractivity contribution < 1.29 is 26.4 Å². The highest BCUT2D eigenvalue weighted by Crippen LogP contribution is 2.49. The number of pyridine rings is 4. The predicted molar refractivity (Wildman–Crippen MR) is 471 cm³/mol. The number of sulfone groups is 1. The monoisotopic (exact) mass is 1680 g/mol. The second-order valence-corrected chi connectivity index (χ2v) is 37.6. The van der Waals surface area contributed by atoms with Crippen molar-refractivity contribution in [2.75, 3.05) is 12.0 Å². The summed E-state index contributed by atoms with van der Waals surface area (Å²) in [5.74, 6) is 0.149. The van der Waals surface area contributed by atoms with E-state index in [0.717, 1.165) is 198 Å². The molecule has 12 aromatic rings. The first kappa shape index (κ1) is 84.5. The highest BCUT2D eigenvalue weighted by molar-refractivity contribution is 7.91. The van der Waals surface area contributed by atoms with Crippen LogP contribution in [0.2, 0.25) is 20.1 Å². The molecule has 4 saturated carbocycles. The summed E-state index contributed by atoms with van der Waals surface area (Å²) in [6.07, 6.45) is 35.1. The predicted octanol–water partition coefficient (Wildman–Crippen LogP) is 22.8. The van der Waals surface area contributed by atoms with E-state index in [1.165, 1.54) is 12.5 Å².